The highest BCUT2D eigenvalue weighted by atomic mass is 15.2. The van der Waals surface area contributed by atoms with E-state index in [0.29, 0.717) is 6.04 Å². The largest absolute Gasteiger partial charge is 0.350 e. The maximum Gasteiger partial charge on any atom is 0.223 e. The van der Waals surface area contributed by atoms with Crippen LogP contribution >= 0.6 is 0 Å². The summed E-state index contributed by atoms with van der Waals surface area (Å²) in [5.74, 6) is 0.765. The van der Waals surface area contributed by atoms with Gasteiger partial charge in [0.2, 0.25) is 5.95 Å². The van der Waals surface area contributed by atoms with Crippen LogP contribution in [0.5, 0.6) is 0 Å². The highest BCUT2D eigenvalue weighted by Crippen LogP contribution is 2.30. The molecule has 4 rings (SSSR count). The van der Waals surface area contributed by atoms with Crippen molar-refractivity contribution in [1.29, 1.82) is 0 Å². The molecule has 1 atom stereocenters. The summed E-state index contributed by atoms with van der Waals surface area (Å²) in [4.78, 5) is 11.6. The average molecular weight is 254 g/mol. The van der Waals surface area contributed by atoms with Crippen LogP contribution in [0.1, 0.15) is 19.3 Å². The van der Waals surface area contributed by atoms with Crippen LogP contribution in [0.25, 0.3) is 10.9 Å². The molecular formula is C15H18N4. The Morgan fingerprint density at radius 3 is 2.95 bits per heavy atom. The summed E-state index contributed by atoms with van der Waals surface area (Å²) in [5.41, 5.74) is 1.01. The fraction of sp³-hybridized carbons (Fsp3) is 0.467. The molecule has 1 saturated carbocycles. The molecule has 0 spiro atoms. The van der Waals surface area contributed by atoms with Crippen molar-refractivity contribution in [1.82, 2.24) is 14.9 Å². The number of hydrogen-bond acceptors (Lipinski definition) is 4. The standard InChI is InChI=1S/C15H18N4/c1-2-4-14-11(3-1)9-16-15(18-14)17-12-7-8-19(10-12)13-5-6-13/h1-4,9,12-13H,5-8,10H2,(H,16,17,18). The topological polar surface area (TPSA) is 41.1 Å². The van der Waals surface area contributed by atoms with Gasteiger partial charge >= 0.3 is 0 Å². The Balaban J connectivity index is 1.48. The number of likely N-dealkylation sites (tertiary alicyclic amines) is 1. The van der Waals surface area contributed by atoms with E-state index in [0.717, 1.165) is 29.4 Å². The van der Waals surface area contributed by atoms with Gasteiger partial charge in [-0.1, -0.05) is 18.2 Å². The van der Waals surface area contributed by atoms with Gasteiger partial charge in [-0.25, -0.2) is 9.97 Å². The number of nitrogens with zero attached hydrogens (tertiary/aromatic N) is 3. The Morgan fingerprint density at radius 1 is 1.16 bits per heavy atom. The van der Waals surface area contributed by atoms with Crippen molar-refractivity contribution in [2.45, 2.75) is 31.3 Å². The molecular weight excluding hydrogens is 236 g/mol. The summed E-state index contributed by atoms with van der Waals surface area (Å²) in [6.45, 7) is 2.36. The summed E-state index contributed by atoms with van der Waals surface area (Å²) in [5, 5.41) is 4.58. The minimum absolute atomic E-state index is 0.502. The van der Waals surface area contributed by atoms with Gasteiger partial charge in [0.1, 0.15) is 0 Å². The molecule has 4 nitrogen and oxygen atoms in total. The van der Waals surface area contributed by atoms with Crippen LogP contribution in [0.3, 0.4) is 0 Å². The van der Waals surface area contributed by atoms with E-state index in [1.54, 1.807) is 0 Å². The van der Waals surface area contributed by atoms with Crippen LogP contribution in [0.4, 0.5) is 5.95 Å². The van der Waals surface area contributed by atoms with Crippen molar-refractivity contribution in [3.05, 3.63) is 30.5 Å². The lowest BCUT2D eigenvalue weighted by atomic mass is 10.2. The van der Waals surface area contributed by atoms with Crippen LogP contribution in [-0.4, -0.2) is 40.0 Å². The van der Waals surface area contributed by atoms with Crippen molar-refractivity contribution in [2.75, 3.05) is 18.4 Å². The van der Waals surface area contributed by atoms with Crippen molar-refractivity contribution in [3.8, 4) is 0 Å². The van der Waals surface area contributed by atoms with Gasteiger partial charge in [0, 0.05) is 36.8 Å². The number of para-hydroxylation sites is 1. The summed E-state index contributed by atoms with van der Waals surface area (Å²) in [7, 11) is 0. The molecule has 0 radical (unpaired) electrons. The van der Waals surface area contributed by atoms with Gasteiger partial charge < -0.3 is 5.32 Å². The smallest absolute Gasteiger partial charge is 0.223 e. The lowest BCUT2D eigenvalue weighted by molar-refractivity contribution is 0.326. The normalized spacial score (nSPS) is 23.9. The van der Waals surface area contributed by atoms with Gasteiger partial charge in [-0.3, -0.25) is 4.90 Å². The molecule has 1 aliphatic heterocycles. The van der Waals surface area contributed by atoms with E-state index in [2.05, 4.69) is 20.2 Å². The van der Waals surface area contributed by atoms with E-state index in [1.807, 2.05) is 30.5 Å². The molecule has 1 aromatic carbocycles. The molecule has 1 unspecified atom stereocenters. The minimum atomic E-state index is 0.502. The number of hydrogen-bond donors (Lipinski definition) is 1. The van der Waals surface area contributed by atoms with Crippen LogP contribution in [0, 0.1) is 0 Å². The van der Waals surface area contributed by atoms with Gasteiger partial charge in [0.05, 0.1) is 5.52 Å². The van der Waals surface area contributed by atoms with E-state index in [1.165, 1.54) is 25.8 Å². The number of aromatic nitrogens is 2. The predicted molar refractivity (Wildman–Crippen MR) is 76.2 cm³/mol. The predicted octanol–water partition coefficient (Wildman–Crippen LogP) is 2.28. The van der Waals surface area contributed by atoms with Gasteiger partial charge in [-0.2, -0.15) is 0 Å². The molecule has 2 heterocycles. The quantitative estimate of drug-likeness (QED) is 0.912. The summed E-state index contributed by atoms with van der Waals surface area (Å²) >= 11 is 0. The van der Waals surface area contributed by atoms with Crippen LogP contribution in [-0.2, 0) is 0 Å². The fourth-order valence-electron chi connectivity index (χ4n) is 2.90. The molecule has 2 aliphatic rings. The summed E-state index contributed by atoms with van der Waals surface area (Å²) < 4.78 is 0. The second-order valence-electron chi connectivity index (χ2n) is 5.61. The van der Waals surface area contributed by atoms with Crippen molar-refractivity contribution in [2.24, 2.45) is 0 Å². The fourth-order valence-corrected chi connectivity index (χ4v) is 2.90. The Hall–Kier alpha value is -1.68. The Bertz CT molecular complexity index is 593. The molecule has 4 heteroatoms. The van der Waals surface area contributed by atoms with Gasteiger partial charge in [-0.05, 0) is 25.3 Å². The SMILES string of the molecule is c1ccc2nc(NC3CCN(C4CC4)C3)ncc2c1. The monoisotopic (exact) mass is 254 g/mol. The number of anilines is 1. The second-order valence-corrected chi connectivity index (χ2v) is 5.61. The maximum absolute atomic E-state index is 4.58. The first-order valence-electron chi connectivity index (χ1n) is 7.11. The lowest BCUT2D eigenvalue weighted by Gasteiger charge is -2.15. The zero-order valence-electron chi connectivity index (χ0n) is 10.9. The van der Waals surface area contributed by atoms with E-state index >= 15 is 0 Å². The molecule has 1 aliphatic carbocycles. The molecule has 0 amide bonds. The van der Waals surface area contributed by atoms with Crippen molar-refractivity contribution < 1.29 is 0 Å². The molecule has 2 fully saturated rings. The van der Waals surface area contributed by atoms with Gasteiger partial charge in [0.25, 0.3) is 0 Å². The first kappa shape index (κ1) is 11.2. The highest BCUT2D eigenvalue weighted by molar-refractivity contribution is 5.78. The summed E-state index contributed by atoms with van der Waals surface area (Å²) in [6, 6.07) is 9.48. The van der Waals surface area contributed by atoms with E-state index in [-0.39, 0.29) is 0 Å². The molecule has 19 heavy (non-hydrogen) atoms. The Labute approximate surface area is 112 Å². The Morgan fingerprint density at radius 2 is 2.05 bits per heavy atom. The molecule has 1 saturated heterocycles. The van der Waals surface area contributed by atoms with Gasteiger partial charge in [0.15, 0.2) is 0 Å². The van der Waals surface area contributed by atoms with Crippen LogP contribution in [0.2, 0.25) is 0 Å². The Kier molecular flexibility index (Phi) is 2.62. The molecule has 1 N–H and O–H groups in total. The number of rotatable bonds is 3. The van der Waals surface area contributed by atoms with E-state index < -0.39 is 0 Å². The molecule has 1 aromatic heterocycles. The van der Waals surface area contributed by atoms with Crippen molar-refractivity contribution >= 4 is 16.9 Å². The third-order valence-corrected chi connectivity index (χ3v) is 4.11. The van der Waals surface area contributed by atoms with Gasteiger partial charge in [-0.15, -0.1) is 0 Å². The van der Waals surface area contributed by atoms with Crippen molar-refractivity contribution in [3.63, 3.8) is 0 Å². The molecule has 98 valence electrons. The summed E-state index contributed by atoms with van der Waals surface area (Å²) in [6.07, 6.45) is 5.88. The first-order valence-corrected chi connectivity index (χ1v) is 7.11. The second kappa shape index (κ2) is 4.46. The van der Waals surface area contributed by atoms with Crippen LogP contribution in [0.15, 0.2) is 30.5 Å². The molecule has 0 bridgehead atoms. The number of nitrogens with one attached hydrogen (secondary N) is 1. The third kappa shape index (κ3) is 2.28. The lowest BCUT2D eigenvalue weighted by Crippen LogP contribution is -2.28. The zero-order valence-corrected chi connectivity index (χ0v) is 10.9. The van der Waals surface area contributed by atoms with E-state index in [4.69, 9.17) is 0 Å². The molecule has 2 aromatic rings. The average Bonchev–Trinajstić information content (AvgIpc) is 3.20. The van der Waals surface area contributed by atoms with Crippen LogP contribution < -0.4 is 5.32 Å². The number of fused-ring (bicyclic) bond motifs is 1. The maximum atomic E-state index is 4.58. The van der Waals surface area contributed by atoms with E-state index in [9.17, 15) is 0 Å². The number of benzene rings is 1. The highest BCUT2D eigenvalue weighted by Gasteiger charge is 2.34. The third-order valence-electron chi connectivity index (χ3n) is 4.11. The first-order chi connectivity index (χ1) is 9.38. The minimum Gasteiger partial charge on any atom is -0.350 e. The zero-order chi connectivity index (χ0) is 12.7.